The summed E-state index contributed by atoms with van der Waals surface area (Å²) < 4.78 is 0. The van der Waals surface area contributed by atoms with Crippen molar-refractivity contribution in [3.63, 3.8) is 0 Å². The van der Waals surface area contributed by atoms with Gasteiger partial charge in [0.05, 0.1) is 6.42 Å². The molecule has 1 aromatic rings. The molecule has 1 unspecified atom stereocenters. The molecule has 0 saturated carbocycles. The van der Waals surface area contributed by atoms with Gasteiger partial charge in [-0.1, -0.05) is 36.2 Å². The summed E-state index contributed by atoms with van der Waals surface area (Å²) in [6.07, 6.45) is 1.58. The fraction of sp³-hybridized carbons (Fsp3) is 0.462. The van der Waals surface area contributed by atoms with Gasteiger partial charge in [0.2, 0.25) is 5.91 Å². The molecule has 1 atom stereocenters. The third-order valence-corrected chi connectivity index (χ3v) is 3.29. The van der Waals surface area contributed by atoms with Crippen molar-refractivity contribution in [1.82, 2.24) is 5.32 Å². The van der Waals surface area contributed by atoms with Crippen LogP contribution in [0.1, 0.15) is 25.3 Å². The highest BCUT2D eigenvalue weighted by Gasteiger charge is 2.12. The van der Waals surface area contributed by atoms with E-state index in [2.05, 4.69) is 5.32 Å². The molecule has 0 aliphatic heterocycles. The molecule has 100 valence electrons. The predicted octanol–water partition coefficient (Wildman–Crippen LogP) is 2.81. The quantitative estimate of drug-likeness (QED) is 0.846. The molecule has 1 aromatic carbocycles. The van der Waals surface area contributed by atoms with E-state index in [9.17, 15) is 4.79 Å². The highest BCUT2D eigenvalue weighted by atomic mass is 35.5. The topological polar surface area (TPSA) is 49.3 Å². The standard InChI is InChI=1S/C13H17Cl2NO2/c1-2-11(5-6-17)16-13(18)7-9-3-4-10(14)8-12(9)15/h3-4,8,11,17H,2,5-7H2,1H3,(H,16,18). The van der Waals surface area contributed by atoms with E-state index in [4.69, 9.17) is 28.3 Å². The van der Waals surface area contributed by atoms with Gasteiger partial charge in [-0.3, -0.25) is 4.79 Å². The number of carbonyl (C=O) groups is 1. The van der Waals surface area contributed by atoms with Gasteiger partial charge in [-0.15, -0.1) is 0 Å². The van der Waals surface area contributed by atoms with Gasteiger partial charge in [-0.2, -0.15) is 0 Å². The summed E-state index contributed by atoms with van der Waals surface area (Å²) in [6, 6.07) is 5.09. The normalized spacial score (nSPS) is 12.2. The van der Waals surface area contributed by atoms with Crippen LogP contribution in [0, 0.1) is 0 Å². The minimum absolute atomic E-state index is 0.00794. The lowest BCUT2D eigenvalue weighted by Gasteiger charge is -2.16. The Kier molecular flexibility index (Phi) is 6.47. The van der Waals surface area contributed by atoms with Crippen LogP contribution in [0.15, 0.2) is 18.2 Å². The van der Waals surface area contributed by atoms with Crippen LogP contribution in [-0.2, 0) is 11.2 Å². The fourth-order valence-corrected chi connectivity index (χ4v) is 2.13. The molecule has 18 heavy (non-hydrogen) atoms. The minimum atomic E-state index is -0.0977. The molecule has 0 fully saturated rings. The second-order valence-electron chi connectivity index (χ2n) is 4.10. The molecule has 0 saturated heterocycles. The Morgan fingerprint density at radius 1 is 1.44 bits per heavy atom. The number of nitrogens with one attached hydrogen (secondary N) is 1. The van der Waals surface area contributed by atoms with Crippen molar-refractivity contribution in [2.45, 2.75) is 32.2 Å². The van der Waals surface area contributed by atoms with Crippen LogP contribution in [0.25, 0.3) is 0 Å². The number of halogens is 2. The molecule has 1 amide bonds. The summed E-state index contributed by atoms with van der Waals surface area (Å²) >= 11 is 11.8. The van der Waals surface area contributed by atoms with Crippen molar-refractivity contribution in [3.05, 3.63) is 33.8 Å². The Balaban J connectivity index is 2.58. The second-order valence-corrected chi connectivity index (χ2v) is 4.94. The molecule has 5 heteroatoms. The van der Waals surface area contributed by atoms with Crippen molar-refractivity contribution in [2.75, 3.05) is 6.61 Å². The van der Waals surface area contributed by atoms with Gasteiger partial charge in [0.1, 0.15) is 0 Å². The lowest BCUT2D eigenvalue weighted by Crippen LogP contribution is -2.36. The Morgan fingerprint density at radius 2 is 2.17 bits per heavy atom. The Morgan fingerprint density at radius 3 is 2.72 bits per heavy atom. The van der Waals surface area contributed by atoms with Crippen LogP contribution >= 0.6 is 23.2 Å². The summed E-state index contributed by atoms with van der Waals surface area (Å²) in [5, 5.41) is 12.8. The number of rotatable bonds is 6. The fourth-order valence-electron chi connectivity index (χ4n) is 1.65. The zero-order valence-electron chi connectivity index (χ0n) is 10.2. The van der Waals surface area contributed by atoms with Gasteiger partial charge in [0.25, 0.3) is 0 Å². The Bertz CT molecular complexity index is 410. The van der Waals surface area contributed by atoms with Crippen LogP contribution in [0.4, 0.5) is 0 Å². The van der Waals surface area contributed by atoms with Crippen molar-refractivity contribution >= 4 is 29.1 Å². The maximum absolute atomic E-state index is 11.8. The second kappa shape index (κ2) is 7.62. The lowest BCUT2D eigenvalue weighted by molar-refractivity contribution is -0.121. The average molecular weight is 290 g/mol. The molecular weight excluding hydrogens is 273 g/mol. The number of hydrogen-bond acceptors (Lipinski definition) is 2. The SMILES string of the molecule is CCC(CCO)NC(=O)Cc1ccc(Cl)cc1Cl. The van der Waals surface area contributed by atoms with Gasteiger partial charge < -0.3 is 10.4 Å². The summed E-state index contributed by atoms with van der Waals surface area (Å²) in [6.45, 7) is 2.04. The smallest absolute Gasteiger partial charge is 0.224 e. The van der Waals surface area contributed by atoms with E-state index in [0.29, 0.717) is 16.5 Å². The number of benzene rings is 1. The molecule has 1 rings (SSSR count). The number of carbonyl (C=O) groups excluding carboxylic acids is 1. The first-order valence-electron chi connectivity index (χ1n) is 5.91. The van der Waals surface area contributed by atoms with E-state index < -0.39 is 0 Å². The van der Waals surface area contributed by atoms with E-state index in [1.807, 2.05) is 6.92 Å². The zero-order chi connectivity index (χ0) is 13.5. The molecule has 0 radical (unpaired) electrons. The summed E-state index contributed by atoms with van der Waals surface area (Å²) in [5.41, 5.74) is 0.748. The van der Waals surface area contributed by atoms with Gasteiger partial charge in [0.15, 0.2) is 0 Å². The molecule has 0 aromatic heterocycles. The van der Waals surface area contributed by atoms with Crippen molar-refractivity contribution in [1.29, 1.82) is 0 Å². The molecule has 3 nitrogen and oxygen atoms in total. The number of aliphatic hydroxyl groups is 1. The molecule has 2 N–H and O–H groups in total. The van der Waals surface area contributed by atoms with Crippen LogP contribution in [-0.4, -0.2) is 23.7 Å². The number of amides is 1. The van der Waals surface area contributed by atoms with Gasteiger partial charge in [-0.25, -0.2) is 0 Å². The van der Waals surface area contributed by atoms with Crippen LogP contribution in [0.5, 0.6) is 0 Å². The first-order chi connectivity index (χ1) is 8.56. The largest absolute Gasteiger partial charge is 0.396 e. The summed E-state index contributed by atoms with van der Waals surface area (Å²) in [7, 11) is 0. The highest BCUT2D eigenvalue weighted by molar-refractivity contribution is 6.35. The maximum atomic E-state index is 11.8. The summed E-state index contributed by atoms with van der Waals surface area (Å²) in [5.74, 6) is -0.0977. The molecule has 0 spiro atoms. The van der Waals surface area contributed by atoms with E-state index >= 15 is 0 Å². The molecule has 0 aliphatic rings. The Labute approximate surface area is 117 Å². The molecular formula is C13H17Cl2NO2. The maximum Gasteiger partial charge on any atom is 0.224 e. The van der Waals surface area contributed by atoms with Gasteiger partial charge in [0, 0.05) is 22.7 Å². The van der Waals surface area contributed by atoms with Crippen LogP contribution in [0.2, 0.25) is 10.0 Å². The third kappa shape index (κ3) is 4.84. The first-order valence-corrected chi connectivity index (χ1v) is 6.66. The van der Waals surface area contributed by atoms with Crippen molar-refractivity contribution < 1.29 is 9.90 Å². The average Bonchev–Trinajstić information content (AvgIpc) is 2.32. The lowest BCUT2D eigenvalue weighted by atomic mass is 10.1. The minimum Gasteiger partial charge on any atom is -0.396 e. The Hall–Kier alpha value is -0.770. The van der Waals surface area contributed by atoms with E-state index in [1.165, 1.54) is 0 Å². The molecule has 0 bridgehead atoms. The first kappa shape index (κ1) is 15.3. The number of hydrogen-bond donors (Lipinski definition) is 2. The highest BCUT2D eigenvalue weighted by Crippen LogP contribution is 2.21. The molecule has 0 aliphatic carbocycles. The predicted molar refractivity (Wildman–Crippen MR) is 74.1 cm³/mol. The van der Waals surface area contributed by atoms with E-state index in [0.717, 1.165) is 12.0 Å². The summed E-state index contributed by atoms with van der Waals surface area (Å²) in [4.78, 5) is 11.8. The van der Waals surface area contributed by atoms with Crippen molar-refractivity contribution in [3.8, 4) is 0 Å². The molecule has 0 heterocycles. The van der Waals surface area contributed by atoms with E-state index in [1.54, 1.807) is 18.2 Å². The van der Waals surface area contributed by atoms with E-state index in [-0.39, 0.29) is 25.0 Å². The monoisotopic (exact) mass is 289 g/mol. The van der Waals surface area contributed by atoms with Gasteiger partial charge in [-0.05, 0) is 30.5 Å². The van der Waals surface area contributed by atoms with Crippen LogP contribution < -0.4 is 5.32 Å². The number of aliphatic hydroxyl groups excluding tert-OH is 1. The third-order valence-electron chi connectivity index (χ3n) is 2.70. The zero-order valence-corrected chi connectivity index (χ0v) is 11.8. The van der Waals surface area contributed by atoms with Crippen LogP contribution in [0.3, 0.4) is 0 Å². The van der Waals surface area contributed by atoms with Crippen molar-refractivity contribution in [2.24, 2.45) is 0 Å². The van der Waals surface area contributed by atoms with Gasteiger partial charge >= 0.3 is 0 Å².